The quantitative estimate of drug-likeness (QED) is 0.387. The highest BCUT2D eigenvalue weighted by Crippen LogP contribution is 2.33. The Labute approximate surface area is 204 Å². The maximum absolute atomic E-state index is 6.62. The molecule has 0 amide bonds. The average molecular weight is 555 g/mol. The maximum atomic E-state index is 6.62. The molecule has 0 radical (unpaired) electrons. The number of hydrogen-bond acceptors (Lipinski definition) is 6. The minimum absolute atomic E-state index is 0.958. The molecule has 3 saturated heterocycles. The van der Waals surface area contributed by atoms with Crippen LogP contribution in [0.1, 0.15) is 32.1 Å². The van der Waals surface area contributed by atoms with E-state index in [0.29, 0.717) is 0 Å². The highest BCUT2D eigenvalue weighted by molar-refractivity contribution is 6.93. The van der Waals surface area contributed by atoms with Crippen molar-refractivity contribution in [3.63, 3.8) is 0 Å². The summed E-state index contributed by atoms with van der Waals surface area (Å²) in [6.07, 6.45) is 6.46. The summed E-state index contributed by atoms with van der Waals surface area (Å²) in [5.74, 6) is 0. The highest BCUT2D eigenvalue weighted by Gasteiger charge is 2.52. The zero-order chi connectivity index (χ0) is 24.1. The molecule has 6 nitrogen and oxygen atoms in total. The van der Waals surface area contributed by atoms with Crippen LogP contribution in [0.25, 0.3) is 0 Å². The van der Waals surface area contributed by atoms with Crippen LogP contribution < -0.4 is 0 Å². The van der Waals surface area contributed by atoms with E-state index in [9.17, 15) is 0 Å². The van der Waals surface area contributed by atoms with Gasteiger partial charge in [-0.2, -0.15) is 0 Å². The summed E-state index contributed by atoms with van der Waals surface area (Å²) in [6.45, 7) is 21.6. The van der Waals surface area contributed by atoms with Crippen molar-refractivity contribution in [1.82, 2.24) is 0 Å². The van der Waals surface area contributed by atoms with Crippen LogP contribution in [0.15, 0.2) is 0 Å². The minimum Gasteiger partial charge on any atom is -0.420 e. The summed E-state index contributed by atoms with van der Waals surface area (Å²) < 4.78 is 37.7. The van der Waals surface area contributed by atoms with Gasteiger partial charge in [0.2, 0.25) is 0 Å². The largest absolute Gasteiger partial charge is 0.420 e. The lowest BCUT2D eigenvalue weighted by atomic mass is 10.4. The molecule has 0 aromatic rings. The molecule has 3 aliphatic rings. The Morgan fingerprint density at radius 2 is 1.22 bits per heavy atom. The molecule has 0 N–H and O–H groups in total. The van der Waals surface area contributed by atoms with Crippen LogP contribution in [0.4, 0.5) is 0 Å². The second kappa shape index (κ2) is 11.9. The predicted octanol–water partition coefficient (Wildman–Crippen LogP) is 6.17. The molecule has 1 unspecified atom stereocenters. The molecule has 12 heteroatoms. The van der Waals surface area contributed by atoms with E-state index in [1.807, 2.05) is 0 Å². The molecule has 190 valence electrons. The first-order valence-electron chi connectivity index (χ1n) is 12.7. The van der Waals surface area contributed by atoms with Crippen molar-refractivity contribution in [1.29, 1.82) is 0 Å². The van der Waals surface area contributed by atoms with E-state index in [2.05, 4.69) is 58.9 Å². The van der Waals surface area contributed by atoms with Crippen LogP contribution in [-0.4, -0.2) is 64.8 Å². The molecule has 0 spiro atoms. The van der Waals surface area contributed by atoms with Gasteiger partial charge >= 0.3 is 34.2 Å². The third-order valence-corrected chi connectivity index (χ3v) is 27.9. The first-order chi connectivity index (χ1) is 14.6. The lowest BCUT2D eigenvalue weighted by Gasteiger charge is -2.47. The molecular formula is C20H50O6Si6. The van der Waals surface area contributed by atoms with Crippen molar-refractivity contribution in [2.75, 3.05) is 13.2 Å². The van der Waals surface area contributed by atoms with E-state index in [4.69, 9.17) is 25.3 Å². The van der Waals surface area contributed by atoms with E-state index in [0.717, 1.165) is 25.7 Å². The van der Waals surface area contributed by atoms with Crippen molar-refractivity contribution < 1.29 is 25.3 Å². The van der Waals surface area contributed by atoms with Gasteiger partial charge in [0.1, 0.15) is 0 Å². The van der Waals surface area contributed by atoms with Gasteiger partial charge in [0.15, 0.2) is 17.4 Å². The number of hydrogen-bond donors (Lipinski definition) is 0. The Morgan fingerprint density at radius 1 is 0.656 bits per heavy atom. The standard InChI is InChI=1S/C14H36O5Si5.C6H14OSi/c1-21(2)16-22(3,4)18-24(7,19-23(5,6)17-21)14-10-13-20-12-9-8-11-15-20;1-8(2)6-4-3-5-7-8/h20H,8-14H2,1-7H3;3-6H2,1-2H3. The molecule has 32 heavy (non-hydrogen) atoms. The molecule has 0 aliphatic carbocycles. The molecule has 1 atom stereocenters. The molecule has 3 heterocycles. The van der Waals surface area contributed by atoms with Gasteiger partial charge in [-0.1, -0.05) is 19.3 Å². The van der Waals surface area contributed by atoms with Crippen LogP contribution in [0, 0.1) is 0 Å². The summed E-state index contributed by atoms with van der Waals surface area (Å²) in [5, 5.41) is 0. The lowest BCUT2D eigenvalue weighted by molar-refractivity contribution is 0.234. The molecule has 3 aliphatic heterocycles. The van der Waals surface area contributed by atoms with E-state index < -0.39 is 51.6 Å². The average Bonchev–Trinajstić information content (AvgIpc) is 2.58. The van der Waals surface area contributed by atoms with Gasteiger partial charge < -0.3 is 25.3 Å². The SMILES string of the molecule is C[Si]1(C)CCCCO1.C[Si]1(C)O[Si](C)(C)O[Si](C)(CCC[SiH]2CCCCO2)O[Si](C)(C)O1. The smallest absolute Gasteiger partial charge is 0.317 e. The molecular weight excluding hydrogens is 505 g/mol. The van der Waals surface area contributed by atoms with Crippen LogP contribution in [-0.2, 0) is 25.3 Å². The Bertz CT molecular complexity index is 553. The summed E-state index contributed by atoms with van der Waals surface area (Å²) in [5.41, 5.74) is 0. The summed E-state index contributed by atoms with van der Waals surface area (Å²) in [7, 11) is -10.9. The van der Waals surface area contributed by atoms with Gasteiger partial charge in [-0.25, -0.2) is 0 Å². The molecule has 0 bridgehead atoms. The number of rotatable bonds is 4. The van der Waals surface area contributed by atoms with Crippen molar-refractivity contribution >= 4 is 51.6 Å². The van der Waals surface area contributed by atoms with Gasteiger partial charge in [-0.15, -0.1) is 0 Å². The third-order valence-electron chi connectivity index (χ3n) is 6.00. The summed E-state index contributed by atoms with van der Waals surface area (Å²) in [4.78, 5) is 0. The van der Waals surface area contributed by atoms with Gasteiger partial charge in [0, 0.05) is 13.2 Å². The zero-order valence-electron chi connectivity index (χ0n) is 22.3. The fourth-order valence-electron chi connectivity index (χ4n) is 5.17. The van der Waals surface area contributed by atoms with Crippen LogP contribution in [0.3, 0.4) is 0 Å². The fraction of sp³-hybridized carbons (Fsp3) is 1.00. The van der Waals surface area contributed by atoms with E-state index in [1.54, 1.807) is 0 Å². The summed E-state index contributed by atoms with van der Waals surface area (Å²) in [6, 6.07) is 4.99. The normalized spacial score (nSPS) is 30.8. The molecule has 0 saturated carbocycles. The summed E-state index contributed by atoms with van der Waals surface area (Å²) >= 11 is 0. The molecule has 3 fully saturated rings. The monoisotopic (exact) mass is 554 g/mol. The van der Waals surface area contributed by atoms with Gasteiger partial charge in [0.25, 0.3) is 0 Å². The van der Waals surface area contributed by atoms with Gasteiger partial charge in [-0.3, -0.25) is 0 Å². The van der Waals surface area contributed by atoms with Crippen LogP contribution >= 0.6 is 0 Å². The Hall–Kier alpha value is 1.06. The topological polar surface area (TPSA) is 55.4 Å². The van der Waals surface area contributed by atoms with Crippen LogP contribution in [0.5, 0.6) is 0 Å². The van der Waals surface area contributed by atoms with E-state index in [1.165, 1.54) is 43.8 Å². The van der Waals surface area contributed by atoms with Crippen molar-refractivity contribution in [3.8, 4) is 0 Å². The van der Waals surface area contributed by atoms with Crippen molar-refractivity contribution in [2.45, 2.75) is 115 Å². The first-order valence-corrected chi connectivity index (χ1v) is 28.9. The first kappa shape index (κ1) is 29.3. The second-order valence-electron chi connectivity index (χ2n) is 11.7. The predicted molar refractivity (Wildman–Crippen MR) is 147 cm³/mol. The van der Waals surface area contributed by atoms with Gasteiger partial charge in [-0.05, 0) is 95.9 Å². The molecule has 3 rings (SSSR count). The Balaban J connectivity index is 0.000000380. The molecule has 0 aromatic heterocycles. The van der Waals surface area contributed by atoms with Crippen molar-refractivity contribution in [2.24, 2.45) is 0 Å². The maximum Gasteiger partial charge on any atom is 0.317 e. The third kappa shape index (κ3) is 11.2. The van der Waals surface area contributed by atoms with E-state index >= 15 is 0 Å². The highest BCUT2D eigenvalue weighted by atomic mass is 28.5. The Morgan fingerprint density at radius 3 is 1.66 bits per heavy atom. The zero-order valence-corrected chi connectivity index (χ0v) is 28.5. The van der Waals surface area contributed by atoms with Gasteiger partial charge in [0.05, 0.1) is 0 Å². The van der Waals surface area contributed by atoms with Crippen molar-refractivity contribution in [3.05, 3.63) is 0 Å². The molecule has 0 aromatic carbocycles. The lowest BCUT2D eigenvalue weighted by Crippen LogP contribution is -2.65. The Kier molecular flexibility index (Phi) is 10.9. The fourth-order valence-corrected chi connectivity index (χ4v) is 31.7. The van der Waals surface area contributed by atoms with E-state index in [-0.39, 0.29) is 0 Å². The second-order valence-corrected chi connectivity index (χ2v) is 33.2. The van der Waals surface area contributed by atoms with Crippen LogP contribution in [0.2, 0.25) is 83.1 Å². The minimum atomic E-state index is -2.27.